The number of pyridine rings is 1. The molecule has 144 valence electrons. The number of benzene rings is 1. The third kappa shape index (κ3) is 7.79. The van der Waals surface area contributed by atoms with E-state index in [2.05, 4.69) is 10.3 Å². The van der Waals surface area contributed by atoms with Gasteiger partial charge in [0.2, 0.25) is 0 Å². The SMILES string of the molecule is CCOCCCNCc1ccc(OCc2ccc(Cl)nc2)c(OC)c1.Cl. The summed E-state index contributed by atoms with van der Waals surface area (Å²) in [6.07, 6.45) is 2.71. The zero-order valence-electron chi connectivity index (χ0n) is 15.2. The maximum atomic E-state index is 5.83. The molecule has 0 spiro atoms. The molecule has 0 fully saturated rings. The fourth-order valence-corrected chi connectivity index (χ4v) is 2.38. The lowest BCUT2D eigenvalue weighted by atomic mass is 10.2. The fraction of sp³-hybridized carbons (Fsp3) is 0.421. The van der Waals surface area contributed by atoms with Gasteiger partial charge in [-0.2, -0.15) is 0 Å². The molecule has 0 amide bonds. The number of nitrogens with one attached hydrogen (secondary N) is 1. The van der Waals surface area contributed by atoms with E-state index in [1.165, 1.54) is 0 Å². The standard InChI is InChI=1S/C19H25ClN2O3.ClH/c1-3-24-10-4-9-21-12-15-5-7-17(18(11-15)23-2)25-14-16-6-8-19(20)22-13-16;/h5-8,11,13,21H,3-4,9-10,12,14H2,1-2H3;1H. The van der Waals surface area contributed by atoms with E-state index in [0.29, 0.717) is 17.5 Å². The molecule has 0 aliphatic carbocycles. The lowest BCUT2D eigenvalue weighted by molar-refractivity contribution is 0.144. The molecule has 1 N–H and O–H groups in total. The molecule has 2 rings (SSSR count). The van der Waals surface area contributed by atoms with Gasteiger partial charge in [-0.1, -0.05) is 23.7 Å². The minimum atomic E-state index is 0. The van der Waals surface area contributed by atoms with E-state index < -0.39 is 0 Å². The van der Waals surface area contributed by atoms with Crippen LogP contribution in [0.25, 0.3) is 0 Å². The van der Waals surface area contributed by atoms with Crippen LogP contribution in [0.3, 0.4) is 0 Å². The molecule has 0 radical (unpaired) electrons. The Morgan fingerprint density at radius 1 is 1.12 bits per heavy atom. The monoisotopic (exact) mass is 400 g/mol. The molecule has 7 heteroatoms. The molecule has 0 bridgehead atoms. The van der Waals surface area contributed by atoms with Crippen LogP contribution in [0.5, 0.6) is 11.5 Å². The minimum absolute atomic E-state index is 0. The average Bonchev–Trinajstić information content (AvgIpc) is 2.64. The van der Waals surface area contributed by atoms with Crippen LogP contribution in [-0.4, -0.2) is 31.9 Å². The lowest BCUT2D eigenvalue weighted by Gasteiger charge is -2.13. The zero-order chi connectivity index (χ0) is 17.9. The Kier molecular flexibility index (Phi) is 11.1. The highest BCUT2D eigenvalue weighted by molar-refractivity contribution is 6.29. The second-order valence-corrected chi connectivity index (χ2v) is 5.88. The summed E-state index contributed by atoms with van der Waals surface area (Å²) in [6, 6.07) is 9.60. The Bertz CT molecular complexity index is 639. The molecule has 0 atom stereocenters. The van der Waals surface area contributed by atoms with E-state index in [-0.39, 0.29) is 12.4 Å². The van der Waals surface area contributed by atoms with Crippen molar-refractivity contribution in [3.63, 3.8) is 0 Å². The predicted molar refractivity (Wildman–Crippen MR) is 107 cm³/mol. The molecule has 0 unspecified atom stereocenters. The van der Waals surface area contributed by atoms with Crippen LogP contribution in [0.4, 0.5) is 0 Å². The van der Waals surface area contributed by atoms with E-state index in [1.54, 1.807) is 19.4 Å². The smallest absolute Gasteiger partial charge is 0.161 e. The van der Waals surface area contributed by atoms with Crippen LogP contribution in [0.15, 0.2) is 36.5 Å². The Morgan fingerprint density at radius 2 is 1.92 bits per heavy atom. The molecule has 2 aromatic rings. The van der Waals surface area contributed by atoms with Crippen molar-refractivity contribution in [1.82, 2.24) is 10.3 Å². The van der Waals surface area contributed by atoms with Gasteiger partial charge in [-0.3, -0.25) is 0 Å². The van der Waals surface area contributed by atoms with Crippen molar-refractivity contribution in [1.29, 1.82) is 0 Å². The Balaban J connectivity index is 0.00000338. The van der Waals surface area contributed by atoms with Gasteiger partial charge in [0, 0.05) is 31.5 Å². The zero-order valence-corrected chi connectivity index (χ0v) is 16.7. The van der Waals surface area contributed by atoms with Crippen LogP contribution in [0, 0.1) is 0 Å². The number of aromatic nitrogens is 1. The maximum absolute atomic E-state index is 5.83. The van der Waals surface area contributed by atoms with Crippen LogP contribution in [0.1, 0.15) is 24.5 Å². The largest absolute Gasteiger partial charge is 0.493 e. The van der Waals surface area contributed by atoms with Gasteiger partial charge in [0.05, 0.1) is 7.11 Å². The number of halogens is 2. The first-order chi connectivity index (χ1) is 12.2. The molecule has 0 aliphatic heterocycles. The second kappa shape index (κ2) is 12.8. The highest BCUT2D eigenvalue weighted by Crippen LogP contribution is 2.28. The molecule has 5 nitrogen and oxygen atoms in total. The third-order valence-electron chi connectivity index (χ3n) is 3.59. The van der Waals surface area contributed by atoms with Gasteiger partial charge < -0.3 is 19.5 Å². The molecule has 26 heavy (non-hydrogen) atoms. The molecule has 0 saturated heterocycles. The number of methoxy groups -OCH3 is 1. The number of rotatable bonds is 11. The van der Waals surface area contributed by atoms with E-state index in [0.717, 1.165) is 49.6 Å². The predicted octanol–water partition coefficient (Wildman–Crippen LogP) is 4.26. The number of hydrogen-bond donors (Lipinski definition) is 1. The molecule has 0 aliphatic rings. The molecule has 1 heterocycles. The first-order valence-corrected chi connectivity index (χ1v) is 8.79. The second-order valence-electron chi connectivity index (χ2n) is 5.49. The third-order valence-corrected chi connectivity index (χ3v) is 3.81. The lowest BCUT2D eigenvalue weighted by Crippen LogP contribution is -2.16. The normalized spacial score (nSPS) is 10.3. The van der Waals surface area contributed by atoms with Gasteiger partial charge >= 0.3 is 0 Å². The van der Waals surface area contributed by atoms with Gasteiger partial charge in [-0.25, -0.2) is 4.98 Å². The van der Waals surface area contributed by atoms with Crippen LogP contribution in [0.2, 0.25) is 5.15 Å². The number of ether oxygens (including phenoxy) is 3. The van der Waals surface area contributed by atoms with Gasteiger partial charge in [-0.05, 0) is 43.7 Å². The van der Waals surface area contributed by atoms with Crippen LogP contribution < -0.4 is 14.8 Å². The van der Waals surface area contributed by atoms with Crippen LogP contribution >= 0.6 is 24.0 Å². The number of nitrogens with zero attached hydrogens (tertiary/aromatic N) is 1. The summed E-state index contributed by atoms with van der Waals surface area (Å²) < 4.78 is 16.6. The molecular formula is C19H26Cl2N2O3. The molecule has 1 aromatic heterocycles. The van der Waals surface area contributed by atoms with Crippen molar-refractivity contribution < 1.29 is 14.2 Å². The van der Waals surface area contributed by atoms with Crippen molar-refractivity contribution in [2.45, 2.75) is 26.5 Å². The van der Waals surface area contributed by atoms with E-state index in [9.17, 15) is 0 Å². The van der Waals surface area contributed by atoms with Crippen LogP contribution in [-0.2, 0) is 17.9 Å². The van der Waals surface area contributed by atoms with Gasteiger partial charge in [0.15, 0.2) is 11.5 Å². The molecule has 0 saturated carbocycles. The highest BCUT2D eigenvalue weighted by Gasteiger charge is 2.06. The van der Waals surface area contributed by atoms with Gasteiger partial charge in [0.25, 0.3) is 0 Å². The quantitative estimate of drug-likeness (QED) is 0.451. The van der Waals surface area contributed by atoms with E-state index >= 15 is 0 Å². The average molecular weight is 401 g/mol. The number of hydrogen-bond acceptors (Lipinski definition) is 5. The summed E-state index contributed by atoms with van der Waals surface area (Å²) in [6.45, 7) is 5.68. The summed E-state index contributed by atoms with van der Waals surface area (Å²) in [5.74, 6) is 1.42. The first kappa shape index (κ1) is 22.5. The fourth-order valence-electron chi connectivity index (χ4n) is 2.27. The summed E-state index contributed by atoms with van der Waals surface area (Å²) in [7, 11) is 1.64. The van der Waals surface area contributed by atoms with Crippen molar-refractivity contribution in [2.75, 3.05) is 26.9 Å². The summed E-state index contributed by atoms with van der Waals surface area (Å²) in [4.78, 5) is 4.05. The van der Waals surface area contributed by atoms with Crippen molar-refractivity contribution in [3.05, 3.63) is 52.8 Å². The Labute approximate surface area is 166 Å². The molecule has 1 aromatic carbocycles. The Morgan fingerprint density at radius 3 is 2.62 bits per heavy atom. The van der Waals surface area contributed by atoms with Crippen molar-refractivity contribution in [3.8, 4) is 11.5 Å². The van der Waals surface area contributed by atoms with E-state index in [4.69, 9.17) is 25.8 Å². The summed E-state index contributed by atoms with van der Waals surface area (Å²) >= 11 is 5.79. The van der Waals surface area contributed by atoms with Crippen molar-refractivity contribution in [2.24, 2.45) is 0 Å². The first-order valence-electron chi connectivity index (χ1n) is 8.41. The van der Waals surface area contributed by atoms with Crippen molar-refractivity contribution >= 4 is 24.0 Å². The Hall–Kier alpha value is -1.53. The summed E-state index contributed by atoms with van der Waals surface area (Å²) in [5.41, 5.74) is 2.10. The minimum Gasteiger partial charge on any atom is -0.493 e. The van der Waals surface area contributed by atoms with Gasteiger partial charge in [-0.15, -0.1) is 12.4 Å². The topological polar surface area (TPSA) is 52.6 Å². The molecular weight excluding hydrogens is 375 g/mol. The summed E-state index contributed by atoms with van der Waals surface area (Å²) in [5, 5.41) is 3.87. The highest BCUT2D eigenvalue weighted by atomic mass is 35.5. The maximum Gasteiger partial charge on any atom is 0.161 e. The van der Waals surface area contributed by atoms with Gasteiger partial charge in [0.1, 0.15) is 11.8 Å². The van der Waals surface area contributed by atoms with E-state index in [1.807, 2.05) is 31.2 Å².